The molecule has 24 heavy (non-hydrogen) atoms. The molecule has 3 nitrogen and oxygen atoms in total. The molecule has 122 valence electrons. The average Bonchev–Trinajstić information content (AvgIpc) is 2.62. The molecule has 3 aromatic carbocycles. The van der Waals surface area contributed by atoms with E-state index in [2.05, 4.69) is 41.9 Å². The molecule has 2 amide bonds. The number of nitrogens with zero attached hydrogens (tertiary/aromatic N) is 1. The number of benzene rings is 3. The van der Waals surface area contributed by atoms with E-state index in [1.807, 2.05) is 36.4 Å². The summed E-state index contributed by atoms with van der Waals surface area (Å²) in [5.41, 5.74) is 1.92. The number of hydrogen-bond acceptors (Lipinski definition) is 2. The molecule has 0 spiro atoms. The van der Waals surface area contributed by atoms with Crippen LogP contribution in [-0.2, 0) is 6.54 Å². The van der Waals surface area contributed by atoms with Crippen LogP contribution >= 0.6 is 11.8 Å². The average molecular weight is 336 g/mol. The van der Waals surface area contributed by atoms with Gasteiger partial charge in [-0.15, -0.1) is 11.8 Å². The fourth-order valence-electron chi connectivity index (χ4n) is 2.56. The lowest BCUT2D eigenvalue weighted by atomic mass is 10.1. The molecule has 0 heterocycles. The lowest BCUT2D eigenvalue weighted by molar-refractivity contribution is 0.220. The van der Waals surface area contributed by atoms with E-state index >= 15 is 0 Å². The van der Waals surface area contributed by atoms with Crippen molar-refractivity contribution in [1.82, 2.24) is 4.90 Å². The number of hydrogen-bond donors (Lipinski definition) is 1. The Morgan fingerprint density at radius 3 is 2.42 bits per heavy atom. The Bertz CT molecular complexity index is 846. The van der Waals surface area contributed by atoms with E-state index in [0.717, 1.165) is 22.0 Å². The molecular weight excluding hydrogens is 316 g/mol. The van der Waals surface area contributed by atoms with E-state index in [1.54, 1.807) is 23.7 Å². The Labute approximate surface area is 146 Å². The lowest BCUT2D eigenvalue weighted by Gasteiger charge is -2.18. The molecule has 0 radical (unpaired) electrons. The number of amides is 2. The third-order valence-corrected chi connectivity index (χ3v) is 4.67. The molecule has 3 rings (SSSR count). The minimum atomic E-state index is -0.112. The minimum absolute atomic E-state index is 0.112. The summed E-state index contributed by atoms with van der Waals surface area (Å²) in [6, 6.07) is 22.2. The van der Waals surface area contributed by atoms with Crippen molar-refractivity contribution in [3.63, 3.8) is 0 Å². The predicted molar refractivity (Wildman–Crippen MR) is 103 cm³/mol. The number of rotatable bonds is 4. The van der Waals surface area contributed by atoms with Crippen molar-refractivity contribution in [3.05, 3.63) is 72.3 Å². The molecule has 4 heteroatoms. The van der Waals surface area contributed by atoms with Gasteiger partial charge in [-0.3, -0.25) is 0 Å². The maximum atomic E-state index is 12.4. The van der Waals surface area contributed by atoms with Gasteiger partial charge in [-0.2, -0.15) is 0 Å². The molecule has 0 aliphatic heterocycles. The standard InChI is InChI=1S/C20H20N2OS/c1-22(14-15-7-11-19(24-2)12-8-15)20(23)21-18-10-9-16-5-3-4-6-17(16)13-18/h3-13H,14H2,1-2H3,(H,21,23). The zero-order valence-corrected chi connectivity index (χ0v) is 14.6. The molecule has 0 bridgehead atoms. The first kappa shape index (κ1) is 16.4. The summed E-state index contributed by atoms with van der Waals surface area (Å²) in [7, 11) is 1.80. The minimum Gasteiger partial charge on any atom is -0.323 e. The van der Waals surface area contributed by atoms with E-state index in [9.17, 15) is 4.79 Å². The van der Waals surface area contributed by atoms with Gasteiger partial charge in [0.2, 0.25) is 0 Å². The summed E-state index contributed by atoms with van der Waals surface area (Å²) in [6.07, 6.45) is 2.05. The highest BCUT2D eigenvalue weighted by Crippen LogP contribution is 2.19. The fourth-order valence-corrected chi connectivity index (χ4v) is 2.97. The lowest BCUT2D eigenvalue weighted by Crippen LogP contribution is -2.30. The molecule has 0 atom stereocenters. The summed E-state index contributed by atoms with van der Waals surface area (Å²) in [4.78, 5) is 15.3. The normalized spacial score (nSPS) is 10.6. The number of thioether (sulfide) groups is 1. The topological polar surface area (TPSA) is 32.3 Å². The highest BCUT2D eigenvalue weighted by Gasteiger charge is 2.09. The first-order valence-corrected chi connectivity index (χ1v) is 9.02. The third kappa shape index (κ3) is 3.89. The molecule has 0 saturated carbocycles. The Kier molecular flexibility index (Phi) is 5.06. The van der Waals surface area contributed by atoms with E-state index in [1.165, 1.54) is 4.90 Å². The monoisotopic (exact) mass is 336 g/mol. The molecule has 0 aromatic heterocycles. The van der Waals surface area contributed by atoms with Gasteiger partial charge in [0.05, 0.1) is 0 Å². The highest BCUT2D eigenvalue weighted by molar-refractivity contribution is 7.98. The maximum absolute atomic E-state index is 12.4. The smallest absolute Gasteiger partial charge is 0.321 e. The van der Waals surface area contributed by atoms with Crippen molar-refractivity contribution < 1.29 is 4.79 Å². The van der Waals surface area contributed by atoms with Gasteiger partial charge >= 0.3 is 6.03 Å². The first-order valence-electron chi connectivity index (χ1n) is 7.79. The number of anilines is 1. The fraction of sp³-hybridized carbons (Fsp3) is 0.150. The summed E-state index contributed by atoms with van der Waals surface area (Å²) < 4.78 is 0. The van der Waals surface area contributed by atoms with E-state index in [0.29, 0.717) is 6.54 Å². The van der Waals surface area contributed by atoms with Crippen LogP contribution in [0.1, 0.15) is 5.56 Å². The largest absolute Gasteiger partial charge is 0.323 e. The summed E-state index contributed by atoms with van der Waals surface area (Å²) in [5, 5.41) is 5.24. The molecule has 0 saturated heterocycles. The summed E-state index contributed by atoms with van der Waals surface area (Å²) in [5.74, 6) is 0. The van der Waals surface area contributed by atoms with Crippen LogP contribution in [0.3, 0.4) is 0 Å². The Morgan fingerprint density at radius 1 is 1.00 bits per heavy atom. The van der Waals surface area contributed by atoms with Crippen molar-refractivity contribution in [1.29, 1.82) is 0 Å². The van der Waals surface area contributed by atoms with Crippen LogP contribution < -0.4 is 5.32 Å². The molecule has 0 unspecified atom stereocenters. The van der Waals surface area contributed by atoms with E-state index in [-0.39, 0.29) is 6.03 Å². The predicted octanol–water partition coefficient (Wildman–Crippen LogP) is 5.23. The maximum Gasteiger partial charge on any atom is 0.321 e. The van der Waals surface area contributed by atoms with Crippen molar-refractivity contribution in [2.75, 3.05) is 18.6 Å². The van der Waals surface area contributed by atoms with Crippen LogP contribution in [0.4, 0.5) is 10.5 Å². The SMILES string of the molecule is CSc1ccc(CN(C)C(=O)Nc2ccc3ccccc3c2)cc1. The number of nitrogens with one attached hydrogen (secondary N) is 1. The Balaban J connectivity index is 1.66. The molecule has 0 fully saturated rings. The number of fused-ring (bicyclic) bond motifs is 1. The van der Waals surface area contributed by atoms with Crippen LogP contribution in [0.2, 0.25) is 0 Å². The molecule has 0 aliphatic carbocycles. The zero-order valence-electron chi connectivity index (χ0n) is 13.8. The van der Waals surface area contributed by atoms with Crippen LogP contribution in [0.25, 0.3) is 10.8 Å². The second kappa shape index (κ2) is 7.41. The van der Waals surface area contributed by atoms with Gasteiger partial charge in [0, 0.05) is 24.2 Å². The summed E-state index contributed by atoms with van der Waals surface area (Å²) in [6.45, 7) is 0.577. The van der Waals surface area contributed by atoms with Gasteiger partial charge in [0.15, 0.2) is 0 Å². The van der Waals surface area contributed by atoms with Crippen LogP contribution in [0.5, 0.6) is 0 Å². The van der Waals surface area contributed by atoms with E-state index < -0.39 is 0 Å². The van der Waals surface area contributed by atoms with Crippen LogP contribution in [-0.4, -0.2) is 24.2 Å². The Hall–Kier alpha value is -2.46. The number of carbonyl (C=O) groups excluding carboxylic acids is 1. The molecular formula is C20H20N2OS. The Morgan fingerprint density at radius 2 is 1.71 bits per heavy atom. The van der Waals surface area contributed by atoms with Crippen LogP contribution in [0, 0.1) is 0 Å². The third-order valence-electron chi connectivity index (χ3n) is 3.93. The van der Waals surface area contributed by atoms with Gasteiger partial charge in [0.25, 0.3) is 0 Å². The van der Waals surface area contributed by atoms with Crippen molar-refractivity contribution in [2.24, 2.45) is 0 Å². The van der Waals surface area contributed by atoms with Gasteiger partial charge < -0.3 is 10.2 Å². The molecule has 1 N–H and O–H groups in total. The zero-order chi connectivity index (χ0) is 16.9. The van der Waals surface area contributed by atoms with Crippen molar-refractivity contribution in [3.8, 4) is 0 Å². The number of urea groups is 1. The van der Waals surface area contributed by atoms with E-state index in [4.69, 9.17) is 0 Å². The van der Waals surface area contributed by atoms with Gasteiger partial charge in [0.1, 0.15) is 0 Å². The van der Waals surface area contributed by atoms with Crippen molar-refractivity contribution >= 4 is 34.3 Å². The quantitative estimate of drug-likeness (QED) is 0.662. The summed E-state index contributed by atoms with van der Waals surface area (Å²) >= 11 is 1.71. The number of carbonyl (C=O) groups is 1. The second-order valence-electron chi connectivity index (χ2n) is 5.70. The second-order valence-corrected chi connectivity index (χ2v) is 6.58. The highest BCUT2D eigenvalue weighted by atomic mass is 32.2. The first-order chi connectivity index (χ1) is 11.7. The van der Waals surface area contributed by atoms with Crippen LogP contribution in [0.15, 0.2) is 71.6 Å². The van der Waals surface area contributed by atoms with Crippen molar-refractivity contribution in [2.45, 2.75) is 11.4 Å². The molecule has 0 aliphatic rings. The molecule has 3 aromatic rings. The van der Waals surface area contributed by atoms with Gasteiger partial charge in [-0.05, 0) is 46.9 Å². The van der Waals surface area contributed by atoms with Gasteiger partial charge in [-0.1, -0.05) is 42.5 Å². The van der Waals surface area contributed by atoms with Gasteiger partial charge in [-0.25, -0.2) is 4.79 Å².